The summed E-state index contributed by atoms with van der Waals surface area (Å²) in [6, 6.07) is 2.70. The van der Waals surface area contributed by atoms with Crippen LogP contribution < -0.4 is 10.6 Å². The summed E-state index contributed by atoms with van der Waals surface area (Å²) in [5, 5.41) is 14.3. The highest BCUT2D eigenvalue weighted by molar-refractivity contribution is 14.1. The Hall–Kier alpha value is -1.55. The molecule has 2 amide bonds. The summed E-state index contributed by atoms with van der Waals surface area (Å²) in [4.78, 5) is 28.4. The Kier molecular flexibility index (Phi) is 8.38. The van der Waals surface area contributed by atoms with Gasteiger partial charge >= 0.3 is 0 Å². The van der Waals surface area contributed by atoms with Crippen LogP contribution in [0.25, 0.3) is 0 Å². The van der Waals surface area contributed by atoms with E-state index in [9.17, 15) is 14.0 Å². The van der Waals surface area contributed by atoms with Crippen LogP contribution in [0.2, 0.25) is 0 Å². The lowest BCUT2D eigenvalue weighted by Crippen LogP contribution is -2.52. The van der Waals surface area contributed by atoms with Crippen LogP contribution in [0.3, 0.4) is 0 Å². The molecule has 1 aliphatic carbocycles. The van der Waals surface area contributed by atoms with Gasteiger partial charge in [-0.05, 0) is 79.8 Å². The van der Waals surface area contributed by atoms with Gasteiger partial charge < -0.3 is 16.0 Å². The zero-order valence-electron chi connectivity index (χ0n) is 17.3. The Labute approximate surface area is 195 Å². The molecule has 3 N–H and O–H groups in total. The number of carbonyl (C=O) groups is 2. The van der Waals surface area contributed by atoms with E-state index in [1.54, 1.807) is 35.6 Å². The lowest BCUT2D eigenvalue weighted by atomic mass is 9.63. The van der Waals surface area contributed by atoms with E-state index in [2.05, 4.69) is 15.6 Å². The van der Waals surface area contributed by atoms with Gasteiger partial charge in [0.25, 0.3) is 5.91 Å². The van der Waals surface area contributed by atoms with E-state index in [0.29, 0.717) is 48.5 Å². The van der Waals surface area contributed by atoms with Crippen molar-refractivity contribution in [3.8, 4) is 0 Å². The van der Waals surface area contributed by atoms with E-state index in [4.69, 9.17) is 17.0 Å². The van der Waals surface area contributed by atoms with Gasteiger partial charge in [-0.25, -0.2) is 9.37 Å². The molecular formula is C21H27ClFIN4O2. The molecule has 3 unspecified atom stereocenters. The number of anilines is 1. The van der Waals surface area contributed by atoms with Crippen molar-refractivity contribution in [1.82, 2.24) is 10.3 Å². The number of aromatic nitrogens is 1. The molecule has 2 rings (SSSR count). The number of nitrogens with zero attached hydrogens (tertiary/aromatic N) is 1. The predicted octanol–water partition coefficient (Wildman–Crippen LogP) is 5.37. The van der Waals surface area contributed by atoms with Gasteiger partial charge in [-0.15, -0.1) is 0 Å². The minimum Gasteiger partial charge on any atom is -0.348 e. The predicted molar refractivity (Wildman–Crippen MR) is 126 cm³/mol. The molecule has 0 aliphatic heterocycles. The maximum absolute atomic E-state index is 13.8. The van der Waals surface area contributed by atoms with Crippen LogP contribution in [0.15, 0.2) is 28.9 Å². The molecule has 1 aliphatic rings. The van der Waals surface area contributed by atoms with Gasteiger partial charge in [-0.2, -0.15) is 0 Å². The van der Waals surface area contributed by atoms with Crippen molar-refractivity contribution >= 4 is 58.0 Å². The topological polar surface area (TPSA) is 94.9 Å². The van der Waals surface area contributed by atoms with Crippen molar-refractivity contribution in [2.24, 2.45) is 5.41 Å². The zero-order chi connectivity index (χ0) is 22.5. The number of hydrogen-bond donors (Lipinski definition) is 3. The Morgan fingerprint density at radius 1 is 1.53 bits per heavy atom. The van der Waals surface area contributed by atoms with Gasteiger partial charge in [0, 0.05) is 35.5 Å². The number of nitrogens with one attached hydrogen (secondary N) is 3. The molecule has 0 radical (unpaired) electrons. The van der Waals surface area contributed by atoms with Crippen LogP contribution >= 0.6 is 34.2 Å². The molecule has 3 atom stereocenters. The highest BCUT2D eigenvalue weighted by Gasteiger charge is 2.47. The maximum atomic E-state index is 13.8. The first-order valence-corrected chi connectivity index (χ1v) is 11.3. The minimum absolute atomic E-state index is 0.189. The van der Waals surface area contributed by atoms with Crippen molar-refractivity contribution in [3.63, 3.8) is 0 Å². The number of rotatable bonds is 10. The van der Waals surface area contributed by atoms with Crippen molar-refractivity contribution in [2.45, 2.75) is 62.6 Å². The third-order valence-electron chi connectivity index (χ3n) is 5.37. The molecule has 0 spiro atoms. The van der Waals surface area contributed by atoms with E-state index in [-0.39, 0.29) is 17.9 Å². The smallest absolute Gasteiger partial charge is 0.251 e. The molecule has 30 heavy (non-hydrogen) atoms. The Bertz CT molecular complexity index is 856. The third-order valence-corrected chi connectivity index (χ3v) is 6.27. The highest BCUT2D eigenvalue weighted by Crippen LogP contribution is 2.51. The van der Waals surface area contributed by atoms with Gasteiger partial charge in [0.15, 0.2) is 3.68 Å². The van der Waals surface area contributed by atoms with Gasteiger partial charge in [0.1, 0.15) is 5.82 Å². The molecule has 0 saturated carbocycles. The van der Waals surface area contributed by atoms with E-state index >= 15 is 0 Å². The molecule has 1 aromatic rings. The van der Waals surface area contributed by atoms with Crippen molar-refractivity contribution in [2.75, 3.05) is 5.32 Å². The second-order valence-corrected chi connectivity index (χ2v) is 10.4. The number of carbonyl (C=O) groups excluding carboxylic acids is 2. The lowest BCUT2D eigenvalue weighted by Gasteiger charge is -2.46. The normalized spacial score (nSPS) is 21.3. The monoisotopic (exact) mass is 548 g/mol. The number of alkyl halides is 2. The molecule has 0 aromatic carbocycles. The summed E-state index contributed by atoms with van der Waals surface area (Å²) in [5.74, 6) is -0.209. The SMILES string of the molecule is CCC(=O)Nc1cc(C(=O)NC(C)C2(C=N)CC(Cl)=C2CCCC(C)(F)I)ccn1. The standard InChI is InChI=1S/C21H27ClFIN4O2/c1-4-18(29)28-17-10-14(7-9-26-17)19(30)27-13(2)21(12-25)11-16(22)15(21)6-5-8-20(3,23)24/h7,9-10,12-13,25H,4-6,8,11H2,1-3H3,(H,27,30)(H,26,28,29). The fourth-order valence-electron chi connectivity index (χ4n) is 3.52. The van der Waals surface area contributed by atoms with Crippen LogP contribution in [-0.4, -0.2) is 32.7 Å². The first kappa shape index (κ1) is 24.7. The average molecular weight is 549 g/mol. The van der Waals surface area contributed by atoms with Crippen LogP contribution in [0.1, 0.15) is 63.2 Å². The number of pyridine rings is 1. The molecule has 1 heterocycles. The van der Waals surface area contributed by atoms with Crippen molar-refractivity contribution < 1.29 is 14.0 Å². The summed E-state index contributed by atoms with van der Waals surface area (Å²) in [6.07, 6.45) is 5.16. The fraction of sp³-hybridized carbons (Fsp3) is 0.524. The molecule has 0 fully saturated rings. The van der Waals surface area contributed by atoms with Crippen LogP contribution in [0.5, 0.6) is 0 Å². The molecular weight excluding hydrogens is 522 g/mol. The van der Waals surface area contributed by atoms with E-state index < -0.39 is 9.09 Å². The lowest BCUT2D eigenvalue weighted by molar-refractivity contribution is -0.115. The second-order valence-electron chi connectivity index (χ2n) is 7.70. The van der Waals surface area contributed by atoms with Crippen LogP contribution in [0.4, 0.5) is 10.2 Å². The van der Waals surface area contributed by atoms with Crippen LogP contribution in [0, 0.1) is 10.8 Å². The van der Waals surface area contributed by atoms with Crippen molar-refractivity contribution in [1.29, 1.82) is 5.41 Å². The minimum atomic E-state index is -1.28. The zero-order valence-corrected chi connectivity index (χ0v) is 20.2. The fourth-order valence-corrected chi connectivity index (χ4v) is 4.39. The summed E-state index contributed by atoms with van der Waals surface area (Å²) in [6.45, 7) is 5.10. The molecule has 164 valence electrons. The maximum Gasteiger partial charge on any atom is 0.251 e. The van der Waals surface area contributed by atoms with E-state index in [1.165, 1.54) is 25.4 Å². The molecule has 9 heteroatoms. The number of allylic oxidation sites excluding steroid dienone is 1. The number of halogens is 3. The van der Waals surface area contributed by atoms with Gasteiger partial charge in [-0.3, -0.25) is 9.59 Å². The Morgan fingerprint density at radius 2 is 2.23 bits per heavy atom. The number of amides is 2. The molecule has 0 bridgehead atoms. The van der Waals surface area contributed by atoms with Crippen molar-refractivity contribution in [3.05, 3.63) is 34.5 Å². The summed E-state index contributed by atoms with van der Waals surface area (Å²) < 4.78 is 12.5. The summed E-state index contributed by atoms with van der Waals surface area (Å²) in [7, 11) is 0. The Balaban J connectivity index is 2.09. The average Bonchev–Trinajstić information content (AvgIpc) is 2.68. The second kappa shape index (κ2) is 10.2. The quantitative estimate of drug-likeness (QED) is 0.208. The number of hydrogen-bond acceptors (Lipinski definition) is 4. The van der Waals surface area contributed by atoms with Gasteiger partial charge in [0.05, 0.1) is 5.41 Å². The third kappa shape index (κ3) is 6.00. The molecule has 1 aromatic heterocycles. The van der Waals surface area contributed by atoms with E-state index in [0.717, 1.165) is 5.57 Å². The van der Waals surface area contributed by atoms with Gasteiger partial charge in [0.2, 0.25) is 5.91 Å². The first-order valence-electron chi connectivity index (χ1n) is 9.86. The van der Waals surface area contributed by atoms with Gasteiger partial charge in [-0.1, -0.05) is 18.5 Å². The first-order chi connectivity index (χ1) is 14.0. The summed E-state index contributed by atoms with van der Waals surface area (Å²) >= 11 is 8.10. The molecule has 0 saturated heterocycles. The van der Waals surface area contributed by atoms with E-state index in [1.807, 2.05) is 6.92 Å². The molecule has 6 nitrogen and oxygen atoms in total. The Morgan fingerprint density at radius 3 is 2.80 bits per heavy atom. The largest absolute Gasteiger partial charge is 0.348 e. The summed E-state index contributed by atoms with van der Waals surface area (Å²) in [5.41, 5.74) is 0.576. The van der Waals surface area contributed by atoms with Crippen LogP contribution in [-0.2, 0) is 4.79 Å². The highest BCUT2D eigenvalue weighted by atomic mass is 127.